The minimum Gasteiger partial charge on any atom is -0.370 e. The highest BCUT2D eigenvalue weighted by molar-refractivity contribution is 6.30. The average Bonchev–Trinajstić information content (AvgIpc) is 2.38. The Kier molecular flexibility index (Phi) is 4.57. The van der Waals surface area contributed by atoms with Gasteiger partial charge in [0.2, 0.25) is 11.8 Å². The van der Waals surface area contributed by atoms with Crippen LogP contribution in [0.3, 0.4) is 0 Å². The highest BCUT2D eigenvalue weighted by Gasteiger charge is 2.30. The van der Waals surface area contributed by atoms with E-state index < -0.39 is 17.8 Å². The highest BCUT2D eigenvalue weighted by atomic mass is 35.5. The van der Waals surface area contributed by atoms with E-state index in [4.69, 9.17) is 17.3 Å². The third-order valence-electron chi connectivity index (χ3n) is 3.21. The summed E-state index contributed by atoms with van der Waals surface area (Å²) in [6, 6.07) is 3.88. The third kappa shape index (κ3) is 3.46. The number of primary amides is 1. The van der Waals surface area contributed by atoms with E-state index in [0.717, 1.165) is 0 Å². The zero-order chi connectivity index (χ0) is 14.7. The largest absolute Gasteiger partial charge is 0.370 e. The van der Waals surface area contributed by atoms with Gasteiger partial charge in [-0.05, 0) is 17.7 Å². The van der Waals surface area contributed by atoms with Crippen molar-refractivity contribution in [1.82, 2.24) is 10.2 Å². The maximum Gasteiger partial charge on any atom is 0.237 e. The summed E-state index contributed by atoms with van der Waals surface area (Å²) in [6.07, 6.45) is -0.0537. The fourth-order valence-corrected chi connectivity index (χ4v) is 2.35. The van der Waals surface area contributed by atoms with Crippen molar-refractivity contribution in [3.8, 4) is 0 Å². The molecule has 1 aromatic carbocycles. The lowest BCUT2D eigenvalue weighted by atomic mass is 10.1. The van der Waals surface area contributed by atoms with Crippen LogP contribution < -0.4 is 11.1 Å². The molecule has 1 aliphatic rings. The number of benzene rings is 1. The van der Waals surface area contributed by atoms with Crippen molar-refractivity contribution in [2.45, 2.75) is 19.0 Å². The molecule has 0 aliphatic carbocycles. The second-order valence-electron chi connectivity index (χ2n) is 4.70. The van der Waals surface area contributed by atoms with Gasteiger partial charge in [-0.25, -0.2) is 4.39 Å². The lowest BCUT2D eigenvalue weighted by molar-refractivity contribution is -0.133. The van der Waals surface area contributed by atoms with Gasteiger partial charge < -0.3 is 11.1 Å². The van der Waals surface area contributed by atoms with Gasteiger partial charge in [-0.3, -0.25) is 14.5 Å². The molecule has 1 saturated heterocycles. The van der Waals surface area contributed by atoms with E-state index in [9.17, 15) is 14.0 Å². The van der Waals surface area contributed by atoms with Crippen LogP contribution in [0.5, 0.6) is 0 Å². The van der Waals surface area contributed by atoms with Crippen molar-refractivity contribution in [2.24, 2.45) is 5.73 Å². The molecule has 1 aliphatic heterocycles. The van der Waals surface area contributed by atoms with E-state index >= 15 is 0 Å². The molecule has 1 heterocycles. The first kappa shape index (κ1) is 14.7. The SMILES string of the molecule is NC(=O)C[C@H]1C(=O)NCCN1Cc1ccc(Cl)c(F)c1. The number of halogens is 2. The van der Waals surface area contributed by atoms with Crippen LogP contribution in [0.15, 0.2) is 18.2 Å². The lowest BCUT2D eigenvalue weighted by Gasteiger charge is -2.34. The molecule has 7 heteroatoms. The van der Waals surface area contributed by atoms with Crippen molar-refractivity contribution in [3.63, 3.8) is 0 Å². The third-order valence-corrected chi connectivity index (χ3v) is 3.51. The van der Waals surface area contributed by atoms with Crippen molar-refractivity contribution in [1.29, 1.82) is 0 Å². The van der Waals surface area contributed by atoms with Crippen LogP contribution in [0.2, 0.25) is 5.02 Å². The molecule has 0 bridgehead atoms. The molecule has 1 atom stereocenters. The first-order chi connectivity index (χ1) is 9.47. The minimum absolute atomic E-state index is 0.0537. The molecule has 0 unspecified atom stereocenters. The smallest absolute Gasteiger partial charge is 0.237 e. The first-order valence-electron chi connectivity index (χ1n) is 6.21. The summed E-state index contributed by atoms with van der Waals surface area (Å²) in [7, 11) is 0. The number of carbonyl (C=O) groups is 2. The number of hydrogen-bond donors (Lipinski definition) is 2. The van der Waals surface area contributed by atoms with Crippen molar-refractivity contribution in [3.05, 3.63) is 34.6 Å². The Hall–Kier alpha value is -1.66. The molecule has 1 fully saturated rings. The molecule has 108 valence electrons. The van der Waals surface area contributed by atoms with E-state index in [2.05, 4.69) is 5.32 Å². The summed E-state index contributed by atoms with van der Waals surface area (Å²) in [5.41, 5.74) is 5.85. The number of amides is 2. The number of nitrogens with one attached hydrogen (secondary N) is 1. The first-order valence-corrected chi connectivity index (χ1v) is 6.59. The summed E-state index contributed by atoms with van der Waals surface area (Å²) in [6.45, 7) is 1.43. The quantitative estimate of drug-likeness (QED) is 0.857. The summed E-state index contributed by atoms with van der Waals surface area (Å²) in [5, 5.41) is 2.74. The van der Waals surface area contributed by atoms with Crippen LogP contribution in [0.1, 0.15) is 12.0 Å². The van der Waals surface area contributed by atoms with E-state index in [1.165, 1.54) is 12.1 Å². The average molecular weight is 300 g/mol. The zero-order valence-corrected chi connectivity index (χ0v) is 11.5. The fraction of sp³-hybridized carbons (Fsp3) is 0.385. The monoisotopic (exact) mass is 299 g/mol. The van der Waals surface area contributed by atoms with Crippen molar-refractivity contribution >= 4 is 23.4 Å². The van der Waals surface area contributed by atoms with Gasteiger partial charge in [0.1, 0.15) is 5.82 Å². The van der Waals surface area contributed by atoms with E-state index in [-0.39, 0.29) is 17.4 Å². The Labute approximate surface area is 120 Å². The fourth-order valence-electron chi connectivity index (χ4n) is 2.24. The Bertz CT molecular complexity index is 538. The summed E-state index contributed by atoms with van der Waals surface area (Å²) < 4.78 is 13.4. The summed E-state index contributed by atoms with van der Waals surface area (Å²) in [5.74, 6) is -1.28. The Morgan fingerprint density at radius 1 is 1.55 bits per heavy atom. The predicted molar refractivity (Wildman–Crippen MR) is 72.4 cm³/mol. The Balaban J connectivity index is 2.13. The van der Waals surface area contributed by atoms with Gasteiger partial charge in [-0.1, -0.05) is 17.7 Å². The van der Waals surface area contributed by atoms with Crippen LogP contribution in [0.25, 0.3) is 0 Å². The number of hydrogen-bond acceptors (Lipinski definition) is 3. The number of carbonyl (C=O) groups excluding carboxylic acids is 2. The van der Waals surface area contributed by atoms with E-state index in [1.54, 1.807) is 6.07 Å². The topological polar surface area (TPSA) is 75.4 Å². The summed E-state index contributed by atoms with van der Waals surface area (Å²) in [4.78, 5) is 24.7. The predicted octanol–water partition coefficient (Wildman–Crippen LogP) is 0.655. The minimum atomic E-state index is -0.611. The molecule has 0 saturated carbocycles. The number of nitrogens with two attached hydrogens (primary N) is 1. The second kappa shape index (κ2) is 6.19. The Morgan fingerprint density at radius 3 is 2.95 bits per heavy atom. The van der Waals surface area contributed by atoms with Gasteiger partial charge in [0.05, 0.1) is 17.5 Å². The molecule has 5 nitrogen and oxygen atoms in total. The van der Waals surface area contributed by atoms with E-state index in [1.807, 2.05) is 4.90 Å². The van der Waals surface area contributed by atoms with Gasteiger partial charge in [-0.2, -0.15) is 0 Å². The van der Waals surface area contributed by atoms with Crippen molar-refractivity contribution < 1.29 is 14.0 Å². The van der Waals surface area contributed by atoms with Gasteiger partial charge in [0, 0.05) is 19.6 Å². The molecular formula is C13H15ClFN3O2. The maximum absolute atomic E-state index is 13.4. The normalized spacial score (nSPS) is 19.7. The molecule has 3 N–H and O–H groups in total. The molecule has 0 spiro atoms. The zero-order valence-electron chi connectivity index (χ0n) is 10.7. The molecule has 1 aromatic rings. The van der Waals surface area contributed by atoms with Crippen LogP contribution in [-0.4, -0.2) is 35.8 Å². The Morgan fingerprint density at radius 2 is 2.30 bits per heavy atom. The second-order valence-corrected chi connectivity index (χ2v) is 5.10. The van der Waals surface area contributed by atoms with Gasteiger partial charge in [-0.15, -0.1) is 0 Å². The highest BCUT2D eigenvalue weighted by Crippen LogP contribution is 2.19. The standard InChI is InChI=1S/C13H15ClFN3O2/c14-9-2-1-8(5-10(9)15)7-18-4-3-17-13(20)11(18)6-12(16)19/h1-2,5,11H,3-4,6-7H2,(H2,16,19)(H,17,20)/t11-/m0/s1. The molecular weight excluding hydrogens is 285 g/mol. The van der Waals surface area contributed by atoms with Gasteiger partial charge in [0.25, 0.3) is 0 Å². The van der Waals surface area contributed by atoms with Gasteiger partial charge >= 0.3 is 0 Å². The lowest BCUT2D eigenvalue weighted by Crippen LogP contribution is -2.55. The number of rotatable bonds is 4. The molecule has 2 rings (SSSR count). The molecule has 2 amide bonds. The van der Waals surface area contributed by atoms with Gasteiger partial charge in [0.15, 0.2) is 0 Å². The van der Waals surface area contributed by atoms with Crippen molar-refractivity contribution in [2.75, 3.05) is 13.1 Å². The molecule has 20 heavy (non-hydrogen) atoms. The number of piperazine rings is 1. The number of nitrogens with zero attached hydrogens (tertiary/aromatic N) is 1. The van der Waals surface area contributed by atoms with Crippen LogP contribution in [0.4, 0.5) is 4.39 Å². The van der Waals surface area contributed by atoms with Crippen LogP contribution in [-0.2, 0) is 16.1 Å². The summed E-state index contributed by atoms with van der Waals surface area (Å²) >= 11 is 5.63. The van der Waals surface area contributed by atoms with Crippen LogP contribution in [0, 0.1) is 5.82 Å². The van der Waals surface area contributed by atoms with E-state index in [0.29, 0.717) is 25.2 Å². The molecule has 0 aromatic heterocycles. The molecule has 0 radical (unpaired) electrons. The maximum atomic E-state index is 13.4. The van der Waals surface area contributed by atoms with Crippen LogP contribution >= 0.6 is 11.6 Å².